The third-order valence-electron chi connectivity index (χ3n) is 6.44. The first kappa shape index (κ1) is 30.1. The highest BCUT2D eigenvalue weighted by atomic mass is 35.5. The zero-order valence-electron chi connectivity index (χ0n) is 23.7. The molecule has 214 valence electrons. The molecule has 2 N–H and O–H groups in total. The molecule has 0 saturated heterocycles. The SMILES string of the molecule is CC#Cc1sc2ncnc(NC(Cc3ccccc3O)C(=O)OCC)c2c1-c1ccc(OCCN(C)C)c(Cl)c1C. The van der Waals surface area contributed by atoms with Crippen LogP contribution in [-0.2, 0) is 16.0 Å². The van der Waals surface area contributed by atoms with Gasteiger partial charge in [0.05, 0.1) is 21.9 Å². The van der Waals surface area contributed by atoms with Crippen molar-refractivity contribution in [3.63, 3.8) is 0 Å². The molecular formula is C31H33ClN4O4S. The number of halogens is 1. The van der Waals surface area contributed by atoms with Crippen LogP contribution in [0.25, 0.3) is 21.3 Å². The van der Waals surface area contributed by atoms with Crippen molar-refractivity contribution in [3.8, 4) is 34.5 Å². The summed E-state index contributed by atoms with van der Waals surface area (Å²) in [5.41, 5.74) is 3.13. The van der Waals surface area contributed by atoms with Gasteiger partial charge >= 0.3 is 5.97 Å². The lowest BCUT2D eigenvalue weighted by atomic mass is 9.97. The van der Waals surface area contributed by atoms with Crippen molar-refractivity contribution in [1.29, 1.82) is 0 Å². The normalized spacial score (nSPS) is 11.7. The van der Waals surface area contributed by atoms with Gasteiger partial charge in [-0.05, 0) is 63.7 Å². The molecule has 0 radical (unpaired) electrons. The number of benzene rings is 2. The van der Waals surface area contributed by atoms with Crippen molar-refractivity contribution in [1.82, 2.24) is 14.9 Å². The summed E-state index contributed by atoms with van der Waals surface area (Å²) < 4.78 is 11.3. The van der Waals surface area contributed by atoms with E-state index in [0.717, 1.165) is 33.5 Å². The minimum atomic E-state index is -0.813. The zero-order chi connectivity index (χ0) is 29.5. The summed E-state index contributed by atoms with van der Waals surface area (Å²) >= 11 is 8.26. The van der Waals surface area contributed by atoms with Crippen molar-refractivity contribution >= 4 is 44.9 Å². The number of hydrogen-bond donors (Lipinski definition) is 2. The van der Waals surface area contributed by atoms with Crippen LogP contribution >= 0.6 is 22.9 Å². The number of hydrogen-bond acceptors (Lipinski definition) is 9. The third-order valence-corrected chi connectivity index (χ3v) is 7.92. The predicted octanol–water partition coefficient (Wildman–Crippen LogP) is 5.92. The van der Waals surface area contributed by atoms with Gasteiger partial charge in [-0.2, -0.15) is 0 Å². The topological polar surface area (TPSA) is 96.8 Å². The maximum Gasteiger partial charge on any atom is 0.328 e. The molecule has 0 amide bonds. The molecule has 0 bridgehead atoms. The lowest BCUT2D eigenvalue weighted by molar-refractivity contribution is -0.144. The Labute approximate surface area is 249 Å². The number of fused-ring (bicyclic) bond motifs is 1. The molecule has 2 aromatic carbocycles. The number of esters is 1. The third kappa shape index (κ3) is 6.91. The average molecular weight is 593 g/mol. The van der Waals surface area contributed by atoms with Crippen molar-refractivity contribution in [2.24, 2.45) is 0 Å². The van der Waals surface area contributed by atoms with E-state index in [9.17, 15) is 9.90 Å². The maximum atomic E-state index is 13.1. The quantitative estimate of drug-likeness (QED) is 0.164. The van der Waals surface area contributed by atoms with Crippen LogP contribution in [-0.4, -0.2) is 65.8 Å². The summed E-state index contributed by atoms with van der Waals surface area (Å²) in [4.78, 5) is 25.7. The van der Waals surface area contributed by atoms with Crippen LogP contribution in [0.5, 0.6) is 11.5 Å². The molecule has 0 spiro atoms. The number of likely N-dealkylation sites (N-methyl/N-ethyl adjacent to an activating group) is 1. The van der Waals surface area contributed by atoms with E-state index in [1.165, 1.54) is 17.7 Å². The van der Waals surface area contributed by atoms with E-state index in [-0.39, 0.29) is 18.8 Å². The molecule has 1 unspecified atom stereocenters. The van der Waals surface area contributed by atoms with Crippen LogP contribution in [0.4, 0.5) is 5.82 Å². The number of anilines is 1. The number of ether oxygens (including phenoxy) is 2. The van der Waals surface area contributed by atoms with E-state index in [4.69, 9.17) is 21.1 Å². The fraction of sp³-hybridized carbons (Fsp3) is 0.323. The number of carbonyl (C=O) groups is 1. The number of aromatic nitrogens is 2. The molecular weight excluding hydrogens is 560 g/mol. The molecule has 10 heteroatoms. The number of rotatable bonds is 11. The van der Waals surface area contributed by atoms with Gasteiger partial charge in [-0.1, -0.05) is 41.8 Å². The number of phenols is 1. The second-order valence-electron chi connectivity index (χ2n) is 9.57. The van der Waals surface area contributed by atoms with Crippen molar-refractivity contribution in [2.75, 3.05) is 39.2 Å². The van der Waals surface area contributed by atoms with Crippen molar-refractivity contribution in [3.05, 3.63) is 63.8 Å². The molecule has 0 aliphatic heterocycles. The van der Waals surface area contributed by atoms with Crippen LogP contribution < -0.4 is 10.1 Å². The first-order chi connectivity index (χ1) is 19.7. The van der Waals surface area contributed by atoms with Gasteiger partial charge in [-0.25, -0.2) is 14.8 Å². The molecule has 0 saturated carbocycles. The number of nitrogens with one attached hydrogen (secondary N) is 1. The first-order valence-electron chi connectivity index (χ1n) is 13.2. The van der Waals surface area contributed by atoms with E-state index < -0.39 is 12.0 Å². The monoisotopic (exact) mass is 592 g/mol. The summed E-state index contributed by atoms with van der Waals surface area (Å²) in [6.45, 7) is 6.97. The van der Waals surface area contributed by atoms with Gasteiger partial charge in [-0.3, -0.25) is 0 Å². The zero-order valence-corrected chi connectivity index (χ0v) is 25.3. The highest BCUT2D eigenvalue weighted by Crippen LogP contribution is 2.44. The summed E-state index contributed by atoms with van der Waals surface area (Å²) in [6, 6.07) is 9.93. The molecule has 2 heterocycles. The number of aromatic hydroxyl groups is 1. The Bertz CT molecular complexity index is 1610. The predicted molar refractivity (Wildman–Crippen MR) is 165 cm³/mol. The van der Waals surface area contributed by atoms with Gasteiger partial charge in [0, 0.05) is 18.5 Å². The van der Waals surface area contributed by atoms with Crippen LogP contribution in [0.15, 0.2) is 42.7 Å². The highest BCUT2D eigenvalue weighted by molar-refractivity contribution is 7.19. The largest absolute Gasteiger partial charge is 0.508 e. The van der Waals surface area contributed by atoms with E-state index in [2.05, 4.69) is 27.1 Å². The van der Waals surface area contributed by atoms with Gasteiger partial charge in [0.2, 0.25) is 0 Å². The molecule has 1 atom stereocenters. The maximum absolute atomic E-state index is 13.1. The van der Waals surface area contributed by atoms with Crippen molar-refractivity contribution < 1.29 is 19.4 Å². The van der Waals surface area contributed by atoms with E-state index in [1.807, 2.05) is 44.1 Å². The van der Waals surface area contributed by atoms with Crippen LogP contribution in [0.2, 0.25) is 5.02 Å². The number of nitrogens with zero attached hydrogens (tertiary/aromatic N) is 3. The molecule has 0 aliphatic rings. The molecule has 4 rings (SSSR count). The average Bonchev–Trinajstić information content (AvgIpc) is 3.30. The van der Waals surface area contributed by atoms with E-state index >= 15 is 0 Å². The fourth-order valence-corrected chi connectivity index (χ4v) is 5.67. The fourth-order valence-electron chi connectivity index (χ4n) is 4.39. The summed E-state index contributed by atoms with van der Waals surface area (Å²) in [6.07, 6.45) is 1.65. The Morgan fingerprint density at radius 3 is 2.71 bits per heavy atom. The number of para-hydroxylation sites is 1. The first-order valence-corrected chi connectivity index (χ1v) is 14.4. The minimum absolute atomic E-state index is 0.103. The van der Waals surface area contributed by atoms with Crippen LogP contribution in [0, 0.1) is 18.8 Å². The lowest BCUT2D eigenvalue weighted by Gasteiger charge is -2.20. The molecule has 41 heavy (non-hydrogen) atoms. The second-order valence-corrected chi connectivity index (χ2v) is 10.9. The summed E-state index contributed by atoms with van der Waals surface area (Å²) in [5.74, 6) is 6.93. The van der Waals surface area contributed by atoms with E-state index in [1.54, 1.807) is 32.0 Å². The second kappa shape index (κ2) is 13.7. The lowest BCUT2D eigenvalue weighted by Crippen LogP contribution is -2.34. The Morgan fingerprint density at radius 2 is 2.00 bits per heavy atom. The van der Waals surface area contributed by atoms with Gasteiger partial charge in [0.1, 0.15) is 41.1 Å². The molecule has 0 fully saturated rings. The smallest absolute Gasteiger partial charge is 0.328 e. The molecule has 0 aliphatic carbocycles. The Balaban J connectivity index is 1.82. The molecule has 2 aromatic heterocycles. The summed E-state index contributed by atoms with van der Waals surface area (Å²) in [5, 5.41) is 14.9. The van der Waals surface area contributed by atoms with Gasteiger partial charge < -0.3 is 24.8 Å². The van der Waals surface area contributed by atoms with Gasteiger partial charge in [0.15, 0.2) is 0 Å². The molecule has 4 aromatic rings. The van der Waals surface area contributed by atoms with Crippen LogP contribution in [0.3, 0.4) is 0 Å². The van der Waals surface area contributed by atoms with Crippen molar-refractivity contribution in [2.45, 2.75) is 33.2 Å². The highest BCUT2D eigenvalue weighted by Gasteiger charge is 2.26. The Morgan fingerprint density at radius 1 is 1.22 bits per heavy atom. The Hall–Kier alpha value is -3.84. The van der Waals surface area contributed by atoms with Crippen LogP contribution in [0.1, 0.15) is 29.9 Å². The number of thiophene rings is 1. The number of phenolic OH excluding ortho intramolecular Hbond substituents is 1. The standard InChI is InChI=1S/C31H33ClN4O4S/c1-6-10-25-26(21-13-14-24(28(32)19(21)3)40-16-15-36(4)5)27-29(33-18-34-30(27)41-25)35-22(31(38)39-7-2)17-20-11-8-9-12-23(20)37/h8-9,11-14,18,22,37H,7,15-17H2,1-5H3,(H,33,34,35). The number of carbonyl (C=O) groups excluding carboxylic acids is 1. The minimum Gasteiger partial charge on any atom is -0.508 e. The van der Waals surface area contributed by atoms with E-state index in [0.29, 0.717) is 33.6 Å². The molecule has 8 nitrogen and oxygen atoms in total. The van der Waals surface area contributed by atoms with Gasteiger partial charge in [0.25, 0.3) is 0 Å². The Kier molecular flexibility index (Phi) is 10.1. The summed E-state index contributed by atoms with van der Waals surface area (Å²) in [7, 11) is 3.97. The van der Waals surface area contributed by atoms with Gasteiger partial charge in [-0.15, -0.1) is 17.3 Å².